The molecule has 1 aromatic carbocycles. The molecule has 2 rings (SSSR count). The van der Waals surface area contributed by atoms with Crippen molar-refractivity contribution in [1.29, 1.82) is 0 Å². The largest absolute Gasteiger partial charge is 0.495 e. The first-order valence-electron chi connectivity index (χ1n) is 6.24. The number of rotatable bonds is 5. The van der Waals surface area contributed by atoms with E-state index in [0.717, 1.165) is 0 Å². The second-order valence-electron chi connectivity index (χ2n) is 4.59. The van der Waals surface area contributed by atoms with E-state index in [9.17, 15) is 13.2 Å². The fraction of sp³-hybridized carbons (Fsp3) is 0.417. The van der Waals surface area contributed by atoms with Crippen LogP contribution >= 0.6 is 0 Å². The van der Waals surface area contributed by atoms with Crippen molar-refractivity contribution in [2.75, 3.05) is 25.6 Å². The van der Waals surface area contributed by atoms with Crippen LogP contribution in [0.15, 0.2) is 17.0 Å². The Morgan fingerprint density at radius 3 is 2.86 bits per heavy atom. The monoisotopic (exact) mass is 315 g/mol. The van der Waals surface area contributed by atoms with Crippen LogP contribution in [0.1, 0.15) is 6.92 Å². The van der Waals surface area contributed by atoms with Crippen LogP contribution in [0.4, 0.5) is 5.69 Å². The van der Waals surface area contributed by atoms with E-state index in [1.807, 2.05) is 0 Å². The number of nitrogens with two attached hydrogens (primary N) is 1. The lowest BCUT2D eigenvalue weighted by atomic mass is 10.2. The first kappa shape index (κ1) is 15.5. The third-order valence-corrected chi connectivity index (χ3v) is 4.51. The molecule has 0 spiro atoms. The van der Waals surface area contributed by atoms with Crippen molar-refractivity contribution >= 4 is 21.6 Å². The fourth-order valence-corrected chi connectivity index (χ4v) is 3.26. The molecular weight excluding hydrogens is 298 g/mol. The zero-order valence-corrected chi connectivity index (χ0v) is 12.5. The summed E-state index contributed by atoms with van der Waals surface area (Å²) >= 11 is 0. The summed E-state index contributed by atoms with van der Waals surface area (Å²) in [5.74, 6) is 0.0717. The normalized spacial score (nSPS) is 15.7. The van der Waals surface area contributed by atoms with Gasteiger partial charge in [-0.1, -0.05) is 0 Å². The molecule has 0 saturated carbocycles. The maximum Gasteiger partial charge on any atom is 0.262 e. The van der Waals surface area contributed by atoms with Crippen molar-refractivity contribution in [1.82, 2.24) is 4.72 Å². The average Bonchev–Trinajstić information content (AvgIpc) is 2.45. The first-order valence-corrected chi connectivity index (χ1v) is 7.72. The van der Waals surface area contributed by atoms with Crippen LogP contribution in [0.5, 0.6) is 11.5 Å². The number of sulfonamides is 1. The van der Waals surface area contributed by atoms with Crippen molar-refractivity contribution < 1.29 is 22.7 Å². The van der Waals surface area contributed by atoms with E-state index in [2.05, 4.69) is 10.0 Å². The predicted octanol–water partition coefficient (Wildman–Crippen LogP) is -0.348. The highest BCUT2D eigenvalue weighted by atomic mass is 32.2. The SMILES string of the molecule is COc1cc2c(cc1S(=O)(=O)N[C@@H](C)CN)OCC(=O)N2. The second kappa shape index (κ2) is 5.88. The van der Waals surface area contributed by atoms with E-state index >= 15 is 0 Å². The van der Waals surface area contributed by atoms with Crippen molar-refractivity contribution in [2.24, 2.45) is 5.73 Å². The van der Waals surface area contributed by atoms with Crippen molar-refractivity contribution in [3.05, 3.63) is 12.1 Å². The molecule has 1 aromatic rings. The van der Waals surface area contributed by atoms with Crippen LogP contribution in [0, 0.1) is 0 Å². The Bertz CT molecular complexity index is 659. The molecule has 0 bridgehead atoms. The molecule has 0 saturated heterocycles. The van der Waals surface area contributed by atoms with Crippen molar-refractivity contribution in [3.63, 3.8) is 0 Å². The predicted molar refractivity (Wildman–Crippen MR) is 76.0 cm³/mol. The number of hydrogen-bond acceptors (Lipinski definition) is 6. The summed E-state index contributed by atoms with van der Waals surface area (Å²) in [6.07, 6.45) is 0. The van der Waals surface area contributed by atoms with E-state index in [4.69, 9.17) is 15.2 Å². The van der Waals surface area contributed by atoms with E-state index in [0.29, 0.717) is 5.69 Å². The molecular formula is C12H17N3O5S. The number of ether oxygens (including phenoxy) is 2. The Morgan fingerprint density at radius 1 is 1.52 bits per heavy atom. The smallest absolute Gasteiger partial charge is 0.262 e. The van der Waals surface area contributed by atoms with Crippen LogP contribution in [0.3, 0.4) is 0 Å². The molecule has 116 valence electrons. The summed E-state index contributed by atoms with van der Waals surface area (Å²) in [6.45, 7) is 1.66. The van der Waals surface area contributed by atoms with Crippen LogP contribution in [-0.4, -0.2) is 40.6 Å². The van der Waals surface area contributed by atoms with Gasteiger partial charge < -0.3 is 20.5 Å². The third-order valence-electron chi connectivity index (χ3n) is 2.90. The van der Waals surface area contributed by atoms with Gasteiger partial charge >= 0.3 is 0 Å². The molecule has 8 nitrogen and oxygen atoms in total. The first-order chi connectivity index (χ1) is 9.87. The Hall–Kier alpha value is -1.84. The van der Waals surface area contributed by atoms with Crippen molar-refractivity contribution in [3.8, 4) is 11.5 Å². The number of fused-ring (bicyclic) bond motifs is 1. The van der Waals surface area contributed by atoms with Crippen LogP contribution in [0.25, 0.3) is 0 Å². The molecule has 21 heavy (non-hydrogen) atoms. The average molecular weight is 315 g/mol. The molecule has 4 N–H and O–H groups in total. The van der Waals surface area contributed by atoms with E-state index in [1.165, 1.54) is 19.2 Å². The van der Waals surface area contributed by atoms with Gasteiger partial charge in [-0.25, -0.2) is 13.1 Å². The quantitative estimate of drug-likeness (QED) is 0.683. The van der Waals surface area contributed by atoms with Crippen LogP contribution in [0.2, 0.25) is 0 Å². The molecule has 0 unspecified atom stereocenters. The van der Waals surface area contributed by atoms with Gasteiger partial charge in [-0.3, -0.25) is 4.79 Å². The van der Waals surface area contributed by atoms with Crippen LogP contribution in [-0.2, 0) is 14.8 Å². The fourth-order valence-electron chi connectivity index (χ4n) is 1.83. The molecule has 1 aliphatic rings. The number of methoxy groups -OCH3 is 1. The maximum atomic E-state index is 12.3. The molecule has 0 aliphatic carbocycles. The minimum atomic E-state index is -3.81. The van der Waals surface area contributed by atoms with Gasteiger partial charge in [0.2, 0.25) is 10.0 Å². The van der Waals surface area contributed by atoms with Gasteiger partial charge in [0.15, 0.2) is 6.61 Å². The minimum absolute atomic E-state index is 0.0693. The molecule has 1 amide bonds. The molecule has 1 atom stereocenters. The number of amides is 1. The molecule has 0 aromatic heterocycles. The lowest BCUT2D eigenvalue weighted by Crippen LogP contribution is -2.38. The second-order valence-corrected chi connectivity index (χ2v) is 6.28. The summed E-state index contributed by atoms with van der Waals surface area (Å²) in [7, 11) is -2.46. The number of benzene rings is 1. The van der Waals surface area contributed by atoms with Gasteiger partial charge in [0, 0.05) is 24.7 Å². The highest BCUT2D eigenvalue weighted by molar-refractivity contribution is 7.89. The topological polar surface area (TPSA) is 120 Å². The molecule has 0 radical (unpaired) electrons. The molecule has 0 fully saturated rings. The number of nitrogens with one attached hydrogen (secondary N) is 2. The summed E-state index contributed by atoms with van der Waals surface area (Å²) < 4.78 is 37.4. The lowest BCUT2D eigenvalue weighted by Gasteiger charge is -2.21. The Balaban J connectivity index is 2.46. The zero-order valence-electron chi connectivity index (χ0n) is 11.7. The van der Waals surface area contributed by atoms with E-state index < -0.39 is 16.1 Å². The number of hydrogen-bond donors (Lipinski definition) is 3. The molecule has 9 heteroatoms. The minimum Gasteiger partial charge on any atom is -0.495 e. The number of carbonyl (C=O) groups excluding carboxylic acids is 1. The highest BCUT2D eigenvalue weighted by Crippen LogP contribution is 2.37. The van der Waals surface area contributed by atoms with Gasteiger partial charge in [0.25, 0.3) is 5.91 Å². The maximum absolute atomic E-state index is 12.3. The lowest BCUT2D eigenvalue weighted by molar-refractivity contribution is -0.118. The highest BCUT2D eigenvalue weighted by Gasteiger charge is 2.26. The van der Waals surface area contributed by atoms with E-state index in [-0.39, 0.29) is 35.5 Å². The molecule has 1 heterocycles. The van der Waals surface area contributed by atoms with Gasteiger partial charge in [0.1, 0.15) is 16.4 Å². The summed E-state index contributed by atoms with van der Waals surface area (Å²) in [6, 6.07) is 2.31. The molecule has 1 aliphatic heterocycles. The summed E-state index contributed by atoms with van der Waals surface area (Å²) in [5.41, 5.74) is 5.79. The van der Waals surface area contributed by atoms with Gasteiger partial charge in [-0.2, -0.15) is 0 Å². The summed E-state index contributed by atoms with van der Waals surface area (Å²) in [4.78, 5) is 11.2. The standard InChI is InChI=1S/C12H17N3O5S/c1-7(5-13)15-21(17,18)11-4-9-8(3-10(11)19-2)14-12(16)6-20-9/h3-4,7,15H,5-6,13H2,1-2H3,(H,14,16)/t7-/m0/s1. The van der Waals surface area contributed by atoms with E-state index in [1.54, 1.807) is 6.92 Å². The van der Waals surface area contributed by atoms with Crippen molar-refractivity contribution in [2.45, 2.75) is 17.9 Å². The van der Waals surface area contributed by atoms with Gasteiger partial charge in [-0.05, 0) is 6.92 Å². The summed E-state index contributed by atoms with van der Waals surface area (Å²) in [5, 5.41) is 2.59. The number of anilines is 1. The van der Waals surface area contributed by atoms with Crippen LogP contribution < -0.4 is 25.2 Å². The third kappa shape index (κ3) is 3.26. The zero-order chi connectivity index (χ0) is 15.6. The Labute approximate surface area is 122 Å². The van der Waals surface area contributed by atoms with Gasteiger partial charge in [0.05, 0.1) is 12.8 Å². The Kier molecular flexibility index (Phi) is 4.35. The number of carbonyl (C=O) groups is 1. The Morgan fingerprint density at radius 2 is 2.24 bits per heavy atom. The van der Waals surface area contributed by atoms with Gasteiger partial charge in [-0.15, -0.1) is 0 Å².